The Kier molecular flexibility index (Phi) is 3.70. The molecule has 20 heavy (non-hydrogen) atoms. The van der Waals surface area contributed by atoms with Crippen molar-refractivity contribution in [2.24, 2.45) is 5.41 Å². The molecule has 1 amide bonds. The fourth-order valence-corrected chi connectivity index (χ4v) is 2.44. The lowest BCUT2D eigenvalue weighted by atomic mass is 9.86. The molecule has 0 fully saturated rings. The molecule has 0 bridgehead atoms. The van der Waals surface area contributed by atoms with Crippen molar-refractivity contribution in [1.82, 2.24) is 14.9 Å². The number of rotatable bonds is 3. The van der Waals surface area contributed by atoms with Crippen LogP contribution in [0.25, 0.3) is 11.0 Å². The number of hydrogen-bond acceptors (Lipinski definition) is 2. The molecule has 5 nitrogen and oxygen atoms in total. The van der Waals surface area contributed by atoms with Crippen molar-refractivity contribution in [3.05, 3.63) is 30.1 Å². The van der Waals surface area contributed by atoms with Gasteiger partial charge in [0.1, 0.15) is 5.82 Å². The third-order valence-electron chi connectivity index (χ3n) is 3.39. The number of hydrogen-bond donors (Lipinski definition) is 2. The van der Waals surface area contributed by atoms with E-state index in [9.17, 15) is 4.79 Å². The molecular formula is C15H21N3O2. The number of aromatic nitrogens is 2. The van der Waals surface area contributed by atoms with Gasteiger partial charge < -0.3 is 15.0 Å². The van der Waals surface area contributed by atoms with Crippen molar-refractivity contribution < 1.29 is 9.90 Å². The topological polar surface area (TPSA) is 67.2 Å². The number of carbonyl (C=O) groups is 1. The van der Waals surface area contributed by atoms with Crippen molar-refractivity contribution in [2.75, 3.05) is 0 Å². The minimum atomic E-state index is -1.03. The Hall–Kier alpha value is -2.04. The molecule has 1 aromatic heterocycles. The number of benzene rings is 1. The van der Waals surface area contributed by atoms with E-state index in [-0.39, 0.29) is 11.5 Å². The predicted molar refractivity (Wildman–Crippen MR) is 78.8 cm³/mol. The average molecular weight is 275 g/mol. The minimum Gasteiger partial charge on any atom is -0.465 e. The lowest BCUT2D eigenvalue weighted by Crippen LogP contribution is -2.37. The highest BCUT2D eigenvalue weighted by Gasteiger charge is 2.32. The molecule has 108 valence electrons. The molecule has 0 aliphatic rings. The quantitative estimate of drug-likeness (QED) is 0.902. The van der Waals surface area contributed by atoms with Gasteiger partial charge in [-0.2, -0.15) is 0 Å². The summed E-state index contributed by atoms with van der Waals surface area (Å²) in [7, 11) is 0. The Labute approximate surface area is 118 Å². The number of nitrogens with zero attached hydrogens (tertiary/aromatic N) is 2. The molecule has 2 N–H and O–H groups in total. The lowest BCUT2D eigenvalue weighted by molar-refractivity contribution is 0.172. The van der Waals surface area contributed by atoms with E-state index < -0.39 is 6.09 Å². The minimum absolute atomic E-state index is 0.257. The van der Waals surface area contributed by atoms with Crippen LogP contribution >= 0.6 is 0 Å². The Morgan fingerprint density at radius 3 is 2.60 bits per heavy atom. The third kappa shape index (κ3) is 2.61. The first-order valence-corrected chi connectivity index (χ1v) is 6.79. The molecule has 2 rings (SSSR count). The van der Waals surface area contributed by atoms with Crippen LogP contribution in [0, 0.1) is 5.41 Å². The number of amides is 1. The molecule has 0 saturated heterocycles. The van der Waals surface area contributed by atoms with Gasteiger partial charge in [-0.05, 0) is 24.5 Å². The summed E-state index contributed by atoms with van der Waals surface area (Å²) in [5.74, 6) is 0.767. The van der Waals surface area contributed by atoms with Crippen LogP contribution in [0.1, 0.15) is 39.6 Å². The second kappa shape index (κ2) is 5.15. The number of aryl methyl sites for hydroxylation is 1. The zero-order chi connectivity index (χ0) is 14.9. The van der Waals surface area contributed by atoms with Crippen LogP contribution < -0.4 is 5.32 Å². The Bertz CT molecular complexity index is 626. The summed E-state index contributed by atoms with van der Waals surface area (Å²) < 4.78 is 2.07. The molecule has 0 spiro atoms. The van der Waals surface area contributed by atoms with E-state index >= 15 is 0 Å². The van der Waals surface area contributed by atoms with Crippen LogP contribution in [0.4, 0.5) is 4.79 Å². The zero-order valence-electron chi connectivity index (χ0n) is 12.3. The van der Waals surface area contributed by atoms with Gasteiger partial charge in [0.15, 0.2) is 0 Å². The van der Waals surface area contributed by atoms with Crippen LogP contribution in [-0.2, 0) is 6.54 Å². The summed E-state index contributed by atoms with van der Waals surface area (Å²) in [6.45, 7) is 8.81. The standard InChI is InChI=1S/C15H21N3O2/c1-5-18-11-9-7-6-8-10(11)16-13(18)12(15(2,3)4)17-14(19)20/h6-9,12,17H,5H2,1-4H3,(H,19,20). The Balaban J connectivity index is 2.61. The zero-order valence-corrected chi connectivity index (χ0v) is 12.3. The molecule has 0 aliphatic carbocycles. The fraction of sp³-hybridized carbons (Fsp3) is 0.467. The summed E-state index contributed by atoms with van der Waals surface area (Å²) in [4.78, 5) is 15.7. The van der Waals surface area contributed by atoms with Gasteiger partial charge in [0, 0.05) is 6.54 Å². The van der Waals surface area contributed by atoms with Crippen LogP contribution in [0.3, 0.4) is 0 Å². The largest absolute Gasteiger partial charge is 0.465 e. The maximum absolute atomic E-state index is 11.1. The van der Waals surface area contributed by atoms with E-state index in [0.717, 1.165) is 23.4 Å². The van der Waals surface area contributed by atoms with Gasteiger partial charge in [-0.25, -0.2) is 9.78 Å². The lowest BCUT2D eigenvalue weighted by Gasteiger charge is -2.30. The second-order valence-corrected chi connectivity index (χ2v) is 5.95. The SMILES string of the molecule is CCn1c(C(NC(=O)O)C(C)(C)C)nc2ccccc21. The predicted octanol–water partition coefficient (Wildman–Crippen LogP) is 3.41. The summed E-state index contributed by atoms with van der Waals surface area (Å²) in [5.41, 5.74) is 1.67. The molecule has 1 heterocycles. The van der Waals surface area contributed by atoms with E-state index in [1.807, 2.05) is 52.0 Å². The Morgan fingerprint density at radius 1 is 1.40 bits per heavy atom. The normalized spacial score (nSPS) is 13.4. The van der Waals surface area contributed by atoms with E-state index in [0.29, 0.717) is 0 Å². The first-order chi connectivity index (χ1) is 9.34. The van der Waals surface area contributed by atoms with Gasteiger partial charge in [0.25, 0.3) is 0 Å². The van der Waals surface area contributed by atoms with Gasteiger partial charge in [-0.3, -0.25) is 0 Å². The summed E-state index contributed by atoms with van der Waals surface area (Å²) in [6.07, 6.45) is -1.03. The highest BCUT2D eigenvalue weighted by molar-refractivity contribution is 5.76. The monoisotopic (exact) mass is 275 g/mol. The third-order valence-corrected chi connectivity index (χ3v) is 3.39. The summed E-state index contributed by atoms with van der Waals surface area (Å²) in [6, 6.07) is 7.51. The van der Waals surface area contributed by atoms with Gasteiger partial charge in [-0.1, -0.05) is 32.9 Å². The smallest absolute Gasteiger partial charge is 0.405 e. The van der Waals surface area contributed by atoms with Crippen molar-refractivity contribution in [3.8, 4) is 0 Å². The van der Waals surface area contributed by atoms with E-state index in [2.05, 4.69) is 14.9 Å². The molecule has 1 aromatic carbocycles. The van der Waals surface area contributed by atoms with Crippen LogP contribution in [0.5, 0.6) is 0 Å². The highest BCUT2D eigenvalue weighted by Crippen LogP contribution is 2.33. The van der Waals surface area contributed by atoms with Crippen molar-refractivity contribution in [3.63, 3.8) is 0 Å². The van der Waals surface area contributed by atoms with E-state index in [4.69, 9.17) is 5.11 Å². The molecular weight excluding hydrogens is 254 g/mol. The van der Waals surface area contributed by atoms with Crippen LogP contribution in [0.2, 0.25) is 0 Å². The van der Waals surface area contributed by atoms with E-state index in [1.165, 1.54) is 0 Å². The average Bonchev–Trinajstić information content (AvgIpc) is 2.72. The maximum atomic E-state index is 11.1. The van der Waals surface area contributed by atoms with Gasteiger partial charge in [-0.15, -0.1) is 0 Å². The Morgan fingerprint density at radius 2 is 2.05 bits per heavy atom. The summed E-state index contributed by atoms with van der Waals surface area (Å²) >= 11 is 0. The maximum Gasteiger partial charge on any atom is 0.405 e. The van der Waals surface area contributed by atoms with Crippen LogP contribution in [-0.4, -0.2) is 20.8 Å². The van der Waals surface area contributed by atoms with E-state index in [1.54, 1.807) is 0 Å². The first kappa shape index (κ1) is 14.4. The fourth-order valence-electron chi connectivity index (χ4n) is 2.44. The number of imidazole rings is 1. The van der Waals surface area contributed by atoms with Crippen molar-refractivity contribution in [2.45, 2.75) is 40.3 Å². The molecule has 2 aromatic rings. The molecule has 0 aliphatic heterocycles. The second-order valence-electron chi connectivity index (χ2n) is 5.95. The molecule has 0 radical (unpaired) electrons. The summed E-state index contributed by atoms with van der Waals surface area (Å²) in [5, 5.41) is 11.7. The molecule has 1 atom stereocenters. The van der Waals surface area contributed by atoms with Crippen molar-refractivity contribution >= 4 is 17.1 Å². The number of nitrogens with one attached hydrogen (secondary N) is 1. The van der Waals surface area contributed by atoms with Crippen LogP contribution in [0.15, 0.2) is 24.3 Å². The van der Waals surface area contributed by atoms with Crippen molar-refractivity contribution in [1.29, 1.82) is 0 Å². The van der Waals surface area contributed by atoms with Gasteiger partial charge >= 0.3 is 6.09 Å². The number of fused-ring (bicyclic) bond motifs is 1. The molecule has 0 saturated carbocycles. The number of para-hydroxylation sites is 2. The molecule has 1 unspecified atom stereocenters. The first-order valence-electron chi connectivity index (χ1n) is 6.79. The van der Waals surface area contributed by atoms with Gasteiger partial charge in [0.2, 0.25) is 0 Å². The van der Waals surface area contributed by atoms with Gasteiger partial charge in [0.05, 0.1) is 17.1 Å². The number of carboxylic acid groups (broad SMARTS) is 1. The highest BCUT2D eigenvalue weighted by atomic mass is 16.4. The molecule has 5 heteroatoms.